The van der Waals surface area contributed by atoms with Crippen molar-refractivity contribution in [3.63, 3.8) is 0 Å². The Morgan fingerprint density at radius 1 is 1.60 bits per heavy atom. The molecule has 0 atom stereocenters. The zero-order valence-corrected chi connectivity index (χ0v) is 4.72. The molecule has 5 heavy (non-hydrogen) atoms. The Kier molecular flexibility index (Phi) is 2.98. The van der Waals surface area contributed by atoms with E-state index < -0.39 is 0 Å². The maximum absolute atomic E-state index is 4.67. The van der Waals surface area contributed by atoms with Crippen LogP contribution >= 0.6 is 0 Å². The van der Waals surface area contributed by atoms with Gasteiger partial charge in [0.25, 0.3) is 0 Å². The fourth-order valence-electron chi connectivity index (χ4n) is 0. The Balaban J connectivity index is 2.54. The van der Waals surface area contributed by atoms with Gasteiger partial charge in [-0.1, -0.05) is 0 Å². The Morgan fingerprint density at radius 3 is 1.80 bits per heavy atom. The van der Waals surface area contributed by atoms with Crippen molar-refractivity contribution in [3.05, 3.63) is 0 Å². The van der Waals surface area contributed by atoms with E-state index in [2.05, 4.69) is 20.4 Å². The van der Waals surface area contributed by atoms with Gasteiger partial charge in [-0.05, 0) is 0 Å². The molecule has 26 valence electrons. The van der Waals surface area contributed by atoms with Crippen LogP contribution in [0.3, 0.4) is 0 Å². The normalized spacial score (nSPS) is 9.80. The summed E-state index contributed by atoms with van der Waals surface area (Å²) in [6.45, 7) is 3.96. The summed E-state index contributed by atoms with van der Waals surface area (Å²) in [6, 6.07) is 0. The van der Waals surface area contributed by atoms with Gasteiger partial charge in [0.2, 0.25) is 0 Å². The number of rotatable bonds is 1. The van der Waals surface area contributed by atoms with Crippen molar-refractivity contribution in [2.45, 2.75) is 20.0 Å². The first-order valence-electron chi connectivity index (χ1n) is 1.63. The summed E-state index contributed by atoms with van der Waals surface area (Å²) >= 11 is 2.19. The van der Waals surface area contributed by atoms with Crippen molar-refractivity contribution >= 4 is 16.6 Å². The summed E-state index contributed by atoms with van der Waals surface area (Å²) in [5, 5.41) is 0. The summed E-state index contributed by atoms with van der Waals surface area (Å²) in [7, 11) is 0. The molecule has 0 aliphatic heterocycles. The summed E-state index contributed by atoms with van der Waals surface area (Å²) in [5.41, 5.74) is 0. The first kappa shape index (κ1) is 5.49. The fourth-order valence-corrected chi connectivity index (χ4v) is 0. The van der Waals surface area contributed by atoms with Gasteiger partial charge in [-0.15, -0.1) is 0 Å². The van der Waals surface area contributed by atoms with E-state index in [9.17, 15) is 0 Å². The molecule has 0 aromatic rings. The molecule has 0 heterocycles. The Morgan fingerprint density at radius 2 is 1.80 bits per heavy atom. The monoisotopic (exact) mass is 86.0 g/mol. The molecule has 0 aliphatic rings. The van der Waals surface area contributed by atoms with Crippen LogP contribution in [0, 0.1) is 0 Å². The predicted molar refractivity (Wildman–Crippen MR) is 22.0 cm³/mol. The molecule has 0 unspecified atom stereocenters. The summed E-state index contributed by atoms with van der Waals surface area (Å²) in [6.07, 6.45) is 0.347. The fraction of sp³-hybridized carbons (Fsp3) is 1.00. The Hall–Kier alpha value is 0.492. The molecule has 0 aliphatic carbocycles. The molecule has 0 bridgehead atoms. The number of hydrogen-bond acceptors (Lipinski definition) is 1. The summed E-state index contributed by atoms with van der Waals surface area (Å²) in [5.74, 6) is 0. The molecular formula is C3H7AlO+2. The standard InChI is InChI=1S/C3H7O.Al/c1-3(2)4;/h3H,1-2H3;/q-1;+3. The van der Waals surface area contributed by atoms with E-state index in [1.165, 1.54) is 0 Å². The topological polar surface area (TPSA) is 9.23 Å². The van der Waals surface area contributed by atoms with Crippen LogP contribution in [0.15, 0.2) is 0 Å². The molecule has 0 radical (unpaired) electrons. The van der Waals surface area contributed by atoms with Crippen LogP contribution in [0.1, 0.15) is 13.8 Å². The second-order valence-corrected chi connectivity index (χ2v) is 1.46. The van der Waals surface area contributed by atoms with Gasteiger partial charge >= 0.3 is 40.4 Å². The van der Waals surface area contributed by atoms with E-state index >= 15 is 0 Å². The average Bonchev–Trinajstić information content (AvgIpc) is 1.38. The molecule has 0 rings (SSSR count). The van der Waals surface area contributed by atoms with Crippen molar-refractivity contribution in [2.75, 3.05) is 0 Å². The molecule has 0 aromatic carbocycles. The van der Waals surface area contributed by atoms with E-state index in [4.69, 9.17) is 0 Å². The molecule has 2 heteroatoms. The second-order valence-electron chi connectivity index (χ2n) is 1.18. The van der Waals surface area contributed by atoms with Gasteiger partial charge in [-0.25, -0.2) is 0 Å². The second kappa shape index (κ2) is 2.72. The average molecular weight is 86.1 g/mol. The van der Waals surface area contributed by atoms with E-state index in [1.54, 1.807) is 0 Å². The zero-order chi connectivity index (χ0) is 4.28. The van der Waals surface area contributed by atoms with Crippen LogP contribution in [0.25, 0.3) is 0 Å². The van der Waals surface area contributed by atoms with Crippen LogP contribution in [0.5, 0.6) is 0 Å². The molecular weight excluding hydrogens is 79.0 g/mol. The SMILES string of the molecule is CC(C)[O][Al+2]. The van der Waals surface area contributed by atoms with Gasteiger partial charge in [0, 0.05) is 0 Å². The summed E-state index contributed by atoms with van der Waals surface area (Å²) in [4.78, 5) is 0. The molecule has 0 saturated carbocycles. The van der Waals surface area contributed by atoms with E-state index in [-0.39, 0.29) is 0 Å². The van der Waals surface area contributed by atoms with Gasteiger partial charge in [-0.2, -0.15) is 0 Å². The van der Waals surface area contributed by atoms with Crippen LogP contribution in [0.4, 0.5) is 0 Å². The zero-order valence-electron chi connectivity index (χ0n) is 3.56. The molecule has 0 N–H and O–H groups in total. The Bertz CT molecular complexity index is 20.9. The third kappa shape index (κ3) is 4.49. The van der Waals surface area contributed by atoms with E-state index in [1.807, 2.05) is 13.8 Å². The van der Waals surface area contributed by atoms with Crippen molar-refractivity contribution in [1.82, 2.24) is 0 Å². The molecule has 0 spiro atoms. The van der Waals surface area contributed by atoms with Gasteiger partial charge in [0.1, 0.15) is 0 Å². The van der Waals surface area contributed by atoms with Crippen LogP contribution in [-0.2, 0) is 3.79 Å². The minimum absolute atomic E-state index is 0.347. The maximum atomic E-state index is 4.67. The van der Waals surface area contributed by atoms with Gasteiger partial charge in [-0.3, -0.25) is 0 Å². The minimum atomic E-state index is 0.347. The van der Waals surface area contributed by atoms with Gasteiger partial charge in [0.05, 0.1) is 0 Å². The van der Waals surface area contributed by atoms with Crippen LogP contribution in [-0.4, -0.2) is 22.7 Å². The van der Waals surface area contributed by atoms with Crippen molar-refractivity contribution in [2.24, 2.45) is 0 Å². The molecule has 0 saturated heterocycles. The third-order valence-corrected chi connectivity index (χ3v) is 0.816. The molecule has 0 fully saturated rings. The molecule has 0 amide bonds. The molecule has 1 nitrogen and oxygen atoms in total. The van der Waals surface area contributed by atoms with Gasteiger partial charge in [0.15, 0.2) is 0 Å². The van der Waals surface area contributed by atoms with Crippen molar-refractivity contribution in [1.29, 1.82) is 0 Å². The van der Waals surface area contributed by atoms with Crippen molar-refractivity contribution in [3.8, 4) is 0 Å². The quantitative estimate of drug-likeness (QED) is 0.422. The van der Waals surface area contributed by atoms with E-state index in [0.717, 1.165) is 0 Å². The van der Waals surface area contributed by atoms with Crippen LogP contribution in [0.2, 0.25) is 0 Å². The Labute approximate surface area is 41.1 Å². The van der Waals surface area contributed by atoms with E-state index in [0.29, 0.717) is 6.10 Å². The predicted octanol–water partition coefficient (Wildman–Crippen LogP) is 0.495. The van der Waals surface area contributed by atoms with Crippen LogP contribution < -0.4 is 0 Å². The molecule has 0 aromatic heterocycles. The first-order valence-corrected chi connectivity index (χ1v) is 2.10. The first-order chi connectivity index (χ1) is 2.27. The third-order valence-electron chi connectivity index (χ3n) is 0.272. The summed E-state index contributed by atoms with van der Waals surface area (Å²) < 4.78 is 4.67. The number of hydrogen-bond donors (Lipinski definition) is 0. The van der Waals surface area contributed by atoms with Crippen molar-refractivity contribution < 1.29 is 3.79 Å². The van der Waals surface area contributed by atoms with Gasteiger partial charge < -0.3 is 0 Å².